The molecule has 2 aromatic rings. The number of carbonyl (C=O) groups excluding carboxylic acids is 1. The van der Waals surface area contributed by atoms with E-state index in [0.717, 1.165) is 44.8 Å². The highest BCUT2D eigenvalue weighted by Crippen LogP contribution is 2.42. The molecule has 6 nitrogen and oxygen atoms in total. The van der Waals surface area contributed by atoms with Crippen LogP contribution in [0.5, 0.6) is 0 Å². The number of carboxylic acid groups (broad SMARTS) is 1. The van der Waals surface area contributed by atoms with Crippen LogP contribution in [0.15, 0.2) is 48.7 Å². The minimum Gasteiger partial charge on any atom is -0.475 e. The Bertz CT molecular complexity index is 936. The molecule has 0 saturated carbocycles. The van der Waals surface area contributed by atoms with Crippen molar-refractivity contribution in [2.45, 2.75) is 32.5 Å². The predicted octanol–water partition coefficient (Wildman–Crippen LogP) is 3.65. The van der Waals surface area contributed by atoms with E-state index in [0.29, 0.717) is 5.91 Å². The Morgan fingerprint density at radius 2 is 1.87 bits per heavy atom. The zero-order chi connectivity index (χ0) is 22.6. The molecule has 2 fully saturated rings. The minimum absolute atomic E-state index is 0.207. The van der Waals surface area contributed by atoms with E-state index in [2.05, 4.69) is 41.1 Å². The lowest BCUT2D eigenvalue weighted by atomic mass is 9.85. The molecule has 1 aromatic heterocycles. The van der Waals surface area contributed by atoms with Crippen LogP contribution in [0.3, 0.4) is 0 Å². The number of aliphatic carboxylic acids is 1. The molecule has 1 aromatic carbocycles. The van der Waals surface area contributed by atoms with Crippen LogP contribution in [0.25, 0.3) is 0 Å². The molecule has 2 aliphatic rings. The smallest absolute Gasteiger partial charge is 0.475 e. The first-order valence-electron chi connectivity index (χ1n) is 9.92. The zero-order valence-electron chi connectivity index (χ0n) is 17.1. The number of nitrogens with zero attached hydrogens (tertiary/aromatic N) is 3. The first-order chi connectivity index (χ1) is 14.6. The monoisotopic (exact) mass is 435 g/mol. The van der Waals surface area contributed by atoms with Gasteiger partial charge in [0.2, 0.25) is 5.91 Å². The van der Waals surface area contributed by atoms with E-state index < -0.39 is 12.1 Å². The zero-order valence-corrected chi connectivity index (χ0v) is 17.1. The molecule has 166 valence electrons. The average molecular weight is 435 g/mol. The number of anilines is 1. The summed E-state index contributed by atoms with van der Waals surface area (Å²) >= 11 is 0. The second kappa shape index (κ2) is 8.95. The second-order valence-corrected chi connectivity index (χ2v) is 7.91. The predicted molar refractivity (Wildman–Crippen MR) is 108 cm³/mol. The van der Waals surface area contributed by atoms with Gasteiger partial charge in [-0.3, -0.25) is 4.79 Å². The molecular weight excluding hydrogens is 411 g/mol. The maximum Gasteiger partial charge on any atom is 0.490 e. The largest absolute Gasteiger partial charge is 0.490 e. The van der Waals surface area contributed by atoms with E-state index in [9.17, 15) is 18.0 Å². The van der Waals surface area contributed by atoms with Gasteiger partial charge in [-0.2, -0.15) is 13.2 Å². The van der Waals surface area contributed by atoms with Gasteiger partial charge in [0.25, 0.3) is 0 Å². The Morgan fingerprint density at radius 3 is 2.48 bits per heavy atom. The fourth-order valence-corrected chi connectivity index (χ4v) is 4.06. The molecule has 1 N–H and O–H groups in total. The van der Waals surface area contributed by atoms with Gasteiger partial charge < -0.3 is 14.9 Å². The summed E-state index contributed by atoms with van der Waals surface area (Å²) in [7, 11) is 0. The summed E-state index contributed by atoms with van der Waals surface area (Å²) in [6.45, 7) is 5.40. The number of carbonyl (C=O) groups is 2. The number of carboxylic acids is 1. The average Bonchev–Trinajstić information content (AvgIpc) is 3.28. The summed E-state index contributed by atoms with van der Waals surface area (Å²) in [4.78, 5) is 30.7. The normalized spacial score (nSPS) is 20.7. The molecule has 0 radical (unpaired) electrons. The van der Waals surface area contributed by atoms with Gasteiger partial charge in [0.05, 0.1) is 5.41 Å². The third-order valence-electron chi connectivity index (χ3n) is 5.63. The Morgan fingerprint density at radius 1 is 1.16 bits per heavy atom. The van der Waals surface area contributed by atoms with Crippen molar-refractivity contribution in [3.8, 4) is 0 Å². The van der Waals surface area contributed by atoms with Crippen LogP contribution in [-0.4, -0.2) is 52.7 Å². The summed E-state index contributed by atoms with van der Waals surface area (Å²) in [5.74, 6) is -1.45. The van der Waals surface area contributed by atoms with E-state index in [-0.39, 0.29) is 5.41 Å². The molecule has 1 amide bonds. The molecule has 1 spiro atoms. The van der Waals surface area contributed by atoms with Crippen molar-refractivity contribution < 1.29 is 27.9 Å². The Kier molecular flexibility index (Phi) is 6.52. The standard InChI is InChI=1S/C20H23N3O.C2HF3O2/c1-16-5-4-6-17(13-16)14-22-11-8-20(19(22)24)9-12-23(15-20)18-7-2-3-10-21-18;3-2(4,5)1(6)7/h2-7,10,13H,8-9,11-12,14-15H2,1H3;(H,6,7). The lowest BCUT2D eigenvalue weighted by Gasteiger charge is -2.24. The number of aromatic nitrogens is 1. The van der Waals surface area contributed by atoms with E-state index in [1.54, 1.807) is 0 Å². The van der Waals surface area contributed by atoms with Crippen LogP contribution >= 0.6 is 0 Å². The minimum atomic E-state index is -5.08. The highest BCUT2D eigenvalue weighted by atomic mass is 19.4. The fourth-order valence-electron chi connectivity index (χ4n) is 4.06. The molecule has 3 heterocycles. The molecular formula is C22H24F3N3O3. The van der Waals surface area contributed by atoms with Crippen molar-refractivity contribution in [2.24, 2.45) is 5.41 Å². The summed E-state index contributed by atoms with van der Waals surface area (Å²) in [5.41, 5.74) is 2.26. The Balaban J connectivity index is 0.000000339. The maximum atomic E-state index is 13.1. The summed E-state index contributed by atoms with van der Waals surface area (Å²) < 4.78 is 31.7. The number of likely N-dealkylation sites (tertiary alicyclic amines) is 1. The second-order valence-electron chi connectivity index (χ2n) is 7.91. The molecule has 4 rings (SSSR count). The number of halogens is 3. The van der Waals surface area contributed by atoms with Crippen molar-refractivity contribution in [3.05, 3.63) is 59.8 Å². The van der Waals surface area contributed by atoms with Crippen molar-refractivity contribution in [1.29, 1.82) is 0 Å². The number of aryl methyl sites for hydroxylation is 1. The lowest BCUT2D eigenvalue weighted by molar-refractivity contribution is -0.192. The topological polar surface area (TPSA) is 73.7 Å². The fraction of sp³-hybridized carbons (Fsp3) is 0.409. The van der Waals surface area contributed by atoms with Crippen molar-refractivity contribution >= 4 is 17.7 Å². The third kappa shape index (κ3) is 5.34. The molecule has 2 aliphatic heterocycles. The highest BCUT2D eigenvalue weighted by molar-refractivity contribution is 5.86. The van der Waals surface area contributed by atoms with Gasteiger partial charge in [-0.05, 0) is 37.5 Å². The summed E-state index contributed by atoms with van der Waals surface area (Å²) in [5, 5.41) is 7.12. The number of alkyl halides is 3. The quantitative estimate of drug-likeness (QED) is 0.797. The van der Waals surface area contributed by atoms with Crippen LogP contribution in [0.2, 0.25) is 0 Å². The van der Waals surface area contributed by atoms with Crippen LogP contribution in [0.4, 0.5) is 19.0 Å². The molecule has 0 aliphatic carbocycles. The molecule has 0 bridgehead atoms. The summed E-state index contributed by atoms with van der Waals surface area (Å²) in [6.07, 6.45) is -1.37. The van der Waals surface area contributed by atoms with Crippen molar-refractivity contribution in [3.63, 3.8) is 0 Å². The Hall–Kier alpha value is -3.10. The first kappa shape index (κ1) is 22.6. The van der Waals surface area contributed by atoms with Crippen LogP contribution < -0.4 is 4.90 Å². The van der Waals surface area contributed by atoms with E-state index in [4.69, 9.17) is 9.90 Å². The number of pyridine rings is 1. The SMILES string of the molecule is Cc1cccc(CN2CCC3(CCN(c4ccccn4)C3)C2=O)c1.O=C(O)C(F)(F)F. The van der Waals surface area contributed by atoms with Gasteiger partial charge in [0, 0.05) is 32.4 Å². The molecule has 9 heteroatoms. The van der Waals surface area contributed by atoms with Gasteiger partial charge in [-0.25, -0.2) is 9.78 Å². The van der Waals surface area contributed by atoms with E-state index in [1.165, 1.54) is 11.1 Å². The maximum absolute atomic E-state index is 13.1. The van der Waals surface area contributed by atoms with Crippen LogP contribution in [0.1, 0.15) is 24.0 Å². The molecule has 2 saturated heterocycles. The number of hydrogen-bond donors (Lipinski definition) is 1. The van der Waals surface area contributed by atoms with Gasteiger partial charge in [0.1, 0.15) is 5.82 Å². The van der Waals surface area contributed by atoms with Crippen LogP contribution in [0, 0.1) is 12.3 Å². The van der Waals surface area contributed by atoms with Gasteiger partial charge in [-0.1, -0.05) is 35.9 Å². The first-order valence-corrected chi connectivity index (χ1v) is 9.92. The number of benzene rings is 1. The van der Waals surface area contributed by atoms with Gasteiger partial charge in [0.15, 0.2) is 0 Å². The summed E-state index contributed by atoms with van der Waals surface area (Å²) in [6, 6.07) is 14.4. The van der Waals surface area contributed by atoms with E-state index in [1.807, 2.05) is 29.3 Å². The van der Waals surface area contributed by atoms with Crippen molar-refractivity contribution in [1.82, 2.24) is 9.88 Å². The van der Waals surface area contributed by atoms with Gasteiger partial charge in [-0.15, -0.1) is 0 Å². The molecule has 1 unspecified atom stereocenters. The number of amides is 1. The van der Waals surface area contributed by atoms with Gasteiger partial charge >= 0.3 is 12.1 Å². The van der Waals surface area contributed by atoms with E-state index >= 15 is 0 Å². The van der Waals surface area contributed by atoms with Crippen LogP contribution in [-0.2, 0) is 16.1 Å². The number of hydrogen-bond acceptors (Lipinski definition) is 4. The molecule has 31 heavy (non-hydrogen) atoms. The lowest BCUT2D eigenvalue weighted by Crippen LogP contribution is -2.36. The highest BCUT2D eigenvalue weighted by Gasteiger charge is 2.50. The third-order valence-corrected chi connectivity index (χ3v) is 5.63. The number of rotatable bonds is 3. The van der Waals surface area contributed by atoms with Crippen molar-refractivity contribution in [2.75, 3.05) is 24.5 Å². The Labute approximate surface area is 178 Å². The molecule has 1 atom stereocenters.